The molecule has 0 aliphatic rings. The summed E-state index contributed by atoms with van der Waals surface area (Å²) in [6, 6.07) is 16.8. The van der Waals surface area contributed by atoms with E-state index < -0.39 is 8.24 Å². The normalized spacial score (nSPS) is 11.5. The Morgan fingerprint density at radius 1 is 1.05 bits per heavy atom. The highest BCUT2D eigenvalue weighted by Crippen LogP contribution is 2.15. The van der Waals surface area contributed by atoms with Gasteiger partial charge in [0.15, 0.2) is 0 Å². The number of benzene rings is 2. The number of carbonyl (C=O) groups is 1. The fourth-order valence-electron chi connectivity index (χ4n) is 1.96. The first-order valence-electron chi connectivity index (χ1n) is 7.44. The number of hydrogen-bond acceptors (Lipinski definition) is 3. The molecule has 2 aromatic carbocycles. The summed E-state index contributed by atoms with van der Waals surface area (Å²) in [5.41, 5.74) is 1.72. The van der Waals surface area contributed by atoms with E-state index in [0.29, 0.717) is 11.3 Å². The van der Waals surface area contributed by atoms with Gasteiger partial charge >= 0.3 is 5.97 Å². The van der Waals surface area contributed by atoms with Gasteiger partial charge in [-0.15, -0.1) is 0 Å². The van der Waals surface area contributed by atoms with E-state index in [1.807, 2.05) is 30.3 Å². The second-order valence-corrected chi connectivity index (χ2v) is 11.5. The number of hydrogen-bond donors (Lipinski definition) is 0. The van der Waals surface area contributed by atoms with Crippen molar-refractivity contribution in [3.63, 3.8) is 0 Å². The second-order valence-electron chi connectivity index (χ2n) is 6.43. The summed E-state index contributed by atoms with van der Waals surface area (Å²) in [6.07, 6.45) is 0. The molecule has 2 aromatic rings. The largest absolute Gasteiger partial charge is 0.423 e. The summed E-state index contributed by atoms with van der Waals surface area (Å²) in [5.74, 6) is 0.251. The molecular weight excluding hydrogens is 290 g/mol. The maximum atomic E-state index is 12.2. The Labute approximate surface area is 133 Å². The van der Waals surface area contributed by atoms with Crippen LogP contribution >= 0.6 is 0 Å². The standard InChI is InChI=1S/C18H23NO2Si/c1-19(22(2,3)4)14-15-9-8-10-16(13-15)18(20)21-17-11-6-5-7-12-17/h5-13H,14H2,1-4H3. The molecule has 0 bridgehead atoms. The predicted octanol–water partition coefficient (Wildman–Crippen LogP) is 4.17. The van der Waals surface area contributed by atoms with Gasteiger partial charge < -0.3 is 9.30 Å². The van der Waals surface area contributed by atoms with E-state index in [9.17, 15) is 4.79 Å². The monoisotopic (exact) mass is 313 g/mol. The van der Waals surface area contributed by atoms with Gasteiger partial charge in [0.25, 0.3) is 0 Å². The third kappa shape index (κ3) is 4.54. The van der Waals surface area contributed by atoms with E-state index in [1.165, 1.54) is 0 Å². The molecule has 0 radical (unpaired) electrons. The Bertz CT molecular complexity index is 635. The third-order valence-electron chi connectivity index (χ3n) is 3.68. The molecule has 0 saturated heterocycles. The minimum absolute atomic E-state index is 0.316. The van der Waals surface area contributed by atoms with Gasteiger partial charge in [-0.2, -0.15) is 0 Å². The Kier molecular flexibility index (Phi) is 5.16. The summed E-state index contributed by atoms with van der Waals surface area (Å²) in [7, 11) is 0.808. The van der Waals surface area contributed by atoms with Crippen LogP contribution in [0, 0.1) is 0 Å². The molecule has 0 N–H and O–H groups in total. The summed E-state index contributed by atoms with van der Waals surface area (Å²) >= 11 is 0. The number of carbonyl (C=O) groups excluding carboxylic acids is 1. The number of ether oxygens (including phenoxy) is 1. The molecule has 0 aromatic heterocycles. The molecule has 0 amide bonds. The zero-order valence-electron chi connectivity index (χ0n) is 13.7. The zero-order chi connectivity index (χ0) is 16.2. The quantitative estimate of drug-likeness (QED) is 0.471. The number of rotatable bonds is 5. The van der Waals surface area contributed by atoms with Crippen LogP contribution in [0.15, 0.2) is 54.6 Å². The molecule has 0 unspecified atom stereocenters. The first-order chi connectivity index (χ1) is 10.4. The van der Waals surface area contributed by atoms with Crippen LogP contribution in [0.4, 0.5) is 0 Å². The van der Waals surface area contributed by atoms with Gasteiger partial charge in [0.1, 0.15) is 14.0 Å². The van der Waals surface area contributed by atoms with Crippen molar-refractivity contribution in [1.82, 2.24) is 4.57 Å². The fraction of sp³-hybridized carbons (Fsp3) is 0.278. The lowest BCUT2D eigenvalue weighted by molar-refractivity contribution is 0.0734. The van der Waals surface area contributed by atoms with Crippen LogP contribution in [-0.4, -0.2) is 25.8 Å². The third-order valence-corrected chi connectivity index (χ3v) is 6.13. The summed E-state index contributed by atoms with van der Waals surface area (Å²) < 4.78 is 7.77. The summed E-state index contributed by atoms with van der Waals surface area (Å²) in [6.45, 7) is 7.77. The van der Waals surface area contributed by atoms with E-state index in [1.54, 1.807) is 18.2 Å². The lowest BCUT2D eigenvalue weighted by Gasteiger charge is -2.30. The predicted molar refractivity (Wildman–Crippen MR) is 92.7 cm³/mol. The van der Waals surface area contributed by atoms with Crippen LogP contribution in [0.2, 0.25) is 19.6 Å². The Morgan fingerprint density at radius 3 is 2.36 bits per heavy atom. The SMILES string of the molecule is CN(Cc1cccc(C(=O)Oc2ccccc2)c1)[Si](C)(C)C. The Hall–Kier alpha value is -1.91. The van der Waals surface area contributed by atoms with Gasteiger partial charge in [-0.1, -0.05) is 50.0 Å². The van der Waals surface area contributed by atoms with E-state index in [4.69, 9.17) is 4.74 Å². The zero-order valence-corrected chi connectivity index (χ0v) is 14.7. The number of nitrogens with zero attached hydrogens (tertiary/aromatic N) is 1. The molecule has 4 heteroatoms. The molecule has 3 nitrogen and oxygen atoms in total. The molecule has 116 valence electrons. The summed E-state index contributed by atoms with van der Waals surface area (Å²) in [4.78, 5) is 12.2. The van der Waals surface area contributed by atoms with E-state index in [0.717, 1.165) is 12.1 Å². The van der Waals surface area contributed by atoms with Gasteiger partial charge in [0, 0.05) is 6.54 Å². The number of esters is 1. The highest BCUT2D eigenvalue weighted by Gasteiger charge is 2.20. The van der Waals surface area contributed by atoms with Gasteiger partial charge in [0.2, 0.25) is 0 Å². The van der Waals surface area contributed by atoms with Crippen LogP contribution in [0.3, 0.4) is 0 Å². The van der Waals surface area contributed by atoms with Crippen molar-refractivity contribution in [2.45, 2.75) is 26.2 Å². The van der Waals surface area contributed by atoms with Crippen LogP contribution in [-0.2, 0) is 6.54 Å². The maximum Gasteiger partial charge on any atom is 0.343 e. The van der Waals surface area contributed by atoms with Crippen molar-refractivity contribution in [1.29, 1.82) is 0 Å². The van der Waals surface area contributed by atoms with Crippen molar-refractivity contribution in [2.24, 2.45) is 0 Å². The first kappa shape index (κ1) is 16.5. The molecule has 22 heavy (non-hydrogen) atoms. The average molecular weight is 313 g/mol. The van der Waals surface area contributed by atoms with Crippen molar-refractivity contribution >= 4 is 14.2 Å². The fourth-order valence-corrected chi connectivity index (χ4v) is 2.62. The van der Waals surface area contributed by atoms with Crippen molar-refractivity contribution in [3.8, 4) is 5.75 Å². The average Bonchev–Trinajstić information content (AvgIpc) is 2.47. The topological polar surface area (TPSA) is 29.5 Å². The van der Waals surface area contributed by atoms with Crippen LogP contribution in [0.5, 0.6) is 5.75 Å². The van der Waals surface area contributed by atoms with E-state index in [2.05, 4.69) is 37.3 Å². The Morgan fingerprint density at radius 2 is 1.73 bits per heavy atom. The van der Waals surface area contributed by atoms with Crippen LogP contribution in [0.25, 0.3) is 0 Å². The van der Waals surface area contributed by atoms with E-state index >= 15 is 0 Å². The van der Waals surface area contributed by atoms with Crippen LogP contribution < -0.4 is 4.74 Å². The van der Waals surface area contributed by atoms with Gasteiger partial charge in [0.05, 0.1) is 5.56 Å². The molecule has 0 fully saturated rings. The molecule has 0 saturated carbocycles. The second kappa shape index (κ2) is 6.90. The first-order valence-corrected chi connectivity index (χ1v) is 10.9. The van der Waals surface area contributed by atoms with Crippen molar-refractivity contribution in [2.75, 3.05) is 7.05 Å². The molecule has 0 aliphatic carbocycles. The summed E-state index contributed by atoms with van der Waals surface area (Å²) in [5, 5.41) is 0. The highest BCUT2D eigenvalue weighted by molar-refractivity contribution is 6.73. The smallest absolute Gasteiger partial charge is 0.343 e. The molecule has 0 heterocycles. The van der Waals surface area contributed by atoms with Crippen LogP contribution in [0.1, 0.15) is 15.9 Å². The maximum absolute atomic E-state index is 12.2. The number of para-hydroxylation sites is 1. The molecule has 0 atom stereocenters. The van der Waals surface area contributed by atoms with Gasteiger partial charge in [-0.3, -0.25) is 0 Å². The van der Waals surface area contributed by atoms with E-state index in [-0.39, 0.29) is 5.97 Å². The minimum Gasteiger partial charge on any atom is -0.423 e. The highest BCUT2D eigenvalue weighted by atomic mass is 28.3. The molecule has 0 spiro atoms. The molecular formula is C18H23NO2Si. The van der Waals surface area contributed by atoms with Crippen molar-refractivity contribution < 1.29 is 9.53 Å². The molecule has 0 aliphatic heterocycles. The minimum atomic E-state index is -1.33. The Balaban J connectivity index is 2.09. The van der Waals surface area contributed by atoms with Gasteiger partial charge in [-0.25, -0.2) is 4.79 Å². The lowest BCUT2D eigenvalue weighted by atomic mass is 10.1. The molecule has 2 rings (SSSR count). The van der Waals surface area contributed by atoms with Crippen molar-refractivity contribution in [3.05, 3.63) is 65.7 Å². The lowest BCUT2D eigenvalue weighted by Crippen LogP contribution is -2.42. The van der Waals surface area contributed by atoms with Gasteiger partial charge in [-0.05, 0) is 36.9 Å².